The SMILES string of the molecule is O=C(O)c1nn2c(c1Cl)OCCC2. The van der Waals surface area contributed by atoms with E-state index in [9.17, 15) is 4.79 Å². The Morgan fingerprint density at radius 2 is 2.46 bits per heavy atom. The molecule has 0 aliphatic carbocycles. The molecule has 13 heavy (non-hydrogen) atoms. The number of rotatable bonds is 1. The maximum Gasteiger partial charge on any atom is 0.358 e. The summed E-state index contributed by atoms with van der Waals surface area (Å²) in [6.07, 6.45) is 0.823. The molecule has 0 saturated heterocycles. The largest absolute Gasteiger partial charge is 0.477 e. The summed E-state index contributed by atoms with van der Waals surface area (Å²) in [5.74, 6) is -0.763. The number of aryl methyl sites for hydroxylation is 1. The number of nitrogens with zero attached hydrogens (tertiary/aromatic N) is 2. The van der Waals surface area contributed by atoms with Crippen molar-refractivity contribution in [2.75, 3.05) is 6.61 Å². The minimum Gasteiger partial charge on any atom is -0.477 e. The van der Waals surface area contributed by atoms with E-state index in [0.717, 1.165) is 6.42 Å². The number of carboxylic acids is 1. The van der Waals surface area contributed by atoms with Crippen LogP contribution in [0.5, 0.6) is 5.88 Å². The van der Waals surface area contributed by atoms with E-state index in [-0.39, 0.29) is 10.7 Å². The van der Waals surface area contributed by atoms with Crippen LogP contribution in [0.15, 0.2) is 0 Å². The summed E-state index contributed by atoms with van der Waals surface area (Å²) in [6.45, 7) is 1.22. The third-order valence-corrected chi connectivity index (χ3v) is 2.15. The second kappa shape index (κ2) is 2.92. The van der Waals surface area contributed by atoms with Crippen molar-refractivity contribution in [2.45, 2.75) is 13.0 Å². The molecule has 0 spiro atoms. The Morgan fingerprint density at radius 3 is 3.08 bits per heavy atom. The van der Waals surface area contributed by atoms with Gasteiger partial charge in [0.05, 0.1) is 6.61 Å². The molecule has 1 aromatic rings. The molecule has 0 saturated carbocycles. The summed E-state index contributed by atoms with van der Waals surface area (Å²) in [5, 5.41) is 12.6. The van der Waals surface area contributed by atoms with Crippen LogP contribution in [-0.2, 0) is 6.54 Å². The molecule has 1 N–H and O–H groups in total. The first-order chi connectivity index (χ1) is 6.20. The van der Waals surface area contributed by atoms with Crippen molar-refractivity contribution < 1.29 is 14.6 Å². The van der Waals surface area contributed by atoms with E-state index in [1.54, 1.807) is 0 Å². The van der Waals surface area contributed by atoms with Gasteiger partial charge in [-0.25, -0.2) is 9.48 Å². The number of halogens is 1. The molecule has 5 nitrogen and oxygen atoms in total. The van der Waals surface area contributed by atoms with E-state index in [0.29, 0.717) is 19.0 Å². The maximum absolute atomic E-state index is 10.6. The van der Waals surface area contributed by atoms with Gasteiger partial charge in [-0.15, -0.1) is 0 Å². The topological polar surface area (TPSA) is 64.3 Å². The number of carbonyl (C=O) groups is 1. The first-order valence-electron chi connectivity index (χ1n) is 3.82. The second-order valence-electron chi connectivity index (χ2n) is 2.70. The molecule has 70 valence electrons. The third-order valence-electron chi connectivity index (χ3n) is 1.81. The number of aromatic carboxylic acids is 1. The Morgan fingerprint density at radius 1 is 1.69 bits per heavy atom. The molecule has 0 fully saturated rings. The number of hydrogen-bond acceptors (Lipinski definition) is 3. The molecule has 0 radical (unpaired) electrons. The van der Waals surface area contributed by atoms with Crippen LogP contribution in [0.2, 0.25) is 5.02 Å². The normalized spacial score (nSPS) is 14.8. The molecular formula is C7H7ClN2O3. The molecule has 2 heterocycles. The predicted octanol–water partition coefficient (Wildman–Crippen LogP) is 1.02. The van der Waals surface area contributed by atoms with Gasteiger partial charge >= 0.3 is 5.97 Å². The average Bonchev–Trinajstić information content (AvgIpc) is 2.45. The van der Waals surface area contributed by atoms with Gasteiger partial charge in [0.15, 0.2) is 5.69 Å². The van der Waals surface area contributed by atoms with Crippen LogP contribution in [0.4, 0.5) is 0 Å². The molecule has 0 bridgehead atoms. The van der Waals surface area contributed by atoms with Gasteiger partial charge in [0, 0.05) is 13.0 Å². The van der Waals surface area contributed by atoms with Crippen molar-refractivity contribution in [1.29, 1.82) is 0 Å². The van der Waals surface area contributed by atoms with Gasteiger partial charge in [0.1, 0.15) is 5.02 Å². The van der Waals surface area contributed by atoms with Crippen LogP contribution < -0.4 is 4.74 Å². The summed E-state index contributed by atoms with van der Waals surface area (Å²) in [4.78, 5) is 10.6. The van der Waals surface area contributed by atoms with E-state index in [4.69, 9.17) is 21.4 Å². The summed E-state index contributed by atoms with van der Waals surface area (Å²) in [6, 6.07) is 0. The molecule has 0 aromatic carbocycles. The monoisotopic (exact) mass is 202 g/mol. The predicted molar refractivity (Wildman–Crippen MR) is 44.3 cm³/mol. The lowest BCUT2D eigenvalue weighted by Gasteiger charge is -2.14. The Balaban J connectivity index is 2.50. The van der Waals surface area contributed by atoms with Crippen LogP contribution >= 0.6 is 11.6 Å². The van der Waals surface area contributed by atoms with Gasteiger partial charge in [0.2, 0.25) is 5.88 Å². The van der Waals surface area contributed by atoms with Gasteiger partial charge in [-0.1, -0.05) is 11.6 Å². The molecule has 1 aliphatic rings. The molecule has 1 aromatic heterocycles. The lowest BCUT2D eigenvalue weighted by atomic mass is 10.4. The molecule has 2 rings (SSSR count). The average molecular weight is 203 g/mol. The quantitative estimate of drug-likeness (QED) is 0.739. The zero-order valence-corrected chi connectivity index (χ0v) is 7.41. The van der Waals surface area contributed by atoms with Gasteiger partial charge in [0.25, 0.3) is 0 Å². The standard InChI is InChI=1S/C7H7ClN2O3/c8-4-5(7(11)12)9-10-2-1-3-13-6(4)10/h1-3H2,(H,11,12). The molecule has 6 heteroatoms. The van der Waals surface area contributed by atoms with E-state index < -0.39 is 5.97 Å². The molecule has 0 amide bonds. The molecule has 0 unspecified atom stereocenters. The Bertz CT molecular complexity index is 361. The summed E-state index contributed by atoms with van der Waals surface area (Å²) in [5.41, 5.74) is -0.140. The minimum atomic E-state index is -1.13. The second-order valence-corrected chi connectivity index (χ2v) is 3.08. The summed E-state index contributed by atoms with van der Waals surface area (Å²) < 4.78 is 6.67. The number of ether oxygens (including phenoxy) is 1. The fourth-order valence-corrected chi connectivity index (χ4v) is 1.50. The molecular weight excluding hydrogens is 196 g/mol. The third kappa shape index (κ3) is 1.25. The Hall–Kier alpha value is -1.23. The fourth-order valence-electron chi connectivity index (χ4n) is 1.23. The van der Waals surface area contributed by atoms with E-state index in [1.807, 2.05) is 0 Å². The van der Waals surface area contributed by atoms with Crippen LogP contribution in [0.25, 0.3) is 0 Å². The molecule has 0 atom stereocenters. The van der Waals surface area contributed by atoms with Crippen LogP contribution in [0, 0.1) is 0 Å². The first kappa shape index (κ1) is 8.37. The zero-order valence-electron chi connectivity index (χ0n) is 6.66. The number of carboxylic acid groups (broad SMARTS) is 1. The lowest BCUT2D eigenvalue weighted by Crippen LogP contribution is -2.14. The van der Waals surface area contributed by atoms with Crippen molar-refractivity contribution in [3.8, 4) is 5.88 Å². The van der Waals surface area contributed by atoms with Crippen LogP contribution in [0.1, 0.15) is 16.9 Å². The smallest absolute Gasteiger partial charge is 0.358 e. The summed E-state index contributed by atoms with van der Waals surface area (Å²) in [7, 11) is 0. The fraction of sp³-hybridized carbons (Fsp3) is 0.429. The molecule has 1 aliphatic heterocycles. The van der Waals surface area contributed by atoms with Crippen molar-refractivity contribution in [3.63, 3.8) is 0 Å². The number of hydrogen-bond donors (Lipinski definition) is 1. The highest BCUT2D eigenvalue weighted by Gasteiger charge is 2.24. The highest BCUT2D eigenvalue weighted by molar-refractivity contribution is 6.34. The van der Waals surface area contributed by atoms with Crippen molar-refractivity contribution >= 4 is 17.6 Å². The summed E-state index contributed by atoms with van der Waals surface area (Å²) >= 11 is 5.75. The number of fused-ring (bicyclic) bond motifs is 1. The maximum atomic E-state index is 10.6. The van der Waals surface area contributed by atoms with Gasteiger partial charge in [-0.3, -0.25) is 0 Å². The van der Waals surface area contributed by atoms with Crippen molar-refractivity contribution in [1.82, 2.24) is 9.78 Å². The Labute approximate surface area is 78.9 Å². The van der Waals surface area contributed by atoms with E-state index in [1.165, 1.54) is 4.68 Å². The van der Waals surface area contributed by atoms with E-state index >= 15 is 0 Å². The van der Waals surface area contributed by atoms with E-state index in [2.05, 4.69) is 5.10 Å². The first-order valence-corrected chi connectivity index (χ1v) is 4.20. The zero-order chi connectivity index (χ0) is 9.42. The van der Waals surface area contributed by atoms with Crippen LogP contribution in [0.3, 0.4) is 0 Å². The Kier molecular flexibility index (Phi) is 1.88. The minimum absolute atomic E-state index is 0.0900. The lowest BCUT2D eigenvalue weighted by molar-refractivity contribution is 0.0689. The van der Waals surface area contributed by atoms with Crippen LogP contribution in [-0.4, -0.2) is 27.5 Å². The highest BCUT2D eigenvalue weighted by atomic mass is 35.5. The highest BCUT2D eigenvalue weighted by Crippen LogP contribution is 2.30. The van der Waals surface area contributed by atoms with Gasteiger partial charge < -0.3 is 9.84 Å². The van der Waals surface area contributed by atoms with Crippen molar-refractivity contribution in [3.05, 3.63) is 10.7 Å². The van der Waals surface area contributed by atoms with Gasteiger partial charge in [-0.2, -0.15) is 5.10 Å². The number of aromatic nitrogens is 2. The van der Waals surface area contributed by atoms with Gasteiger partial charge in [-0.05, 0) is 0 Å². The van der Waals surface area contributed by atoms with Crippen molar-refractivity contribution in [2.24, 2.45) is 0 Å².